The first-order valence-corrected chi connectivity index (χ1v) is 13.2. The number of esters is 1. The molecule has 10 heteroatoms. The van der Waals surface area contributed by atoms with Gasteiger partial charge in [-0.3, -0.25) is 9.59 Å². The quantitative estimate of drug-likeness (QED) is 0.465. The number of rotatable bonds is 4. The second-order valence-corrected chi connectivity index (χ2v) is 11.2. The van der Waals surface area contributed by atoms with Crippen LogP contribution in [0, 0.1) is 0 Å². The zero-order valence-corrected chi connectivity index (χ0v) is 22.3. The van der Waals surface area contributed by atoms with Crippen molar-refractivity contribution in [3.63, 3.8) is 0 Å². The molecule has 6 aliphatic rings. The van der Waals surface area contributed by atoms with E-state index < -0.39 is 28.4 Å². The molecular weight excluding hydrogens is 499 g/mol. The van der Waals surface area contributed by atoms with Crippen LogP contribution in [-0.2, 0) is 25.2 Å². The minimum atomic E-state index is -0.736. The summed E-state index contributed by atoms with van der Waals surface area (Å²) in [5.74, 6) is 1.28. The molecule has 2 aromatic carbocycles. The zero-order valence-electron chi connectivity index (χ0n) is 22.3. The molecule has 2 aromatic rings. The molecule has 202 valence electrons. The van der Waals surface area contributed by atoms with Gasteiger partial charge in [-0.2, -0.15) is 0 Å². The van der Waals surface area contributed by atoms with Gasteiger partial charge in [0.2, 0.25) is 0 Å². The molecule has 2 heterocycles. The average molecular weight is 530 g/mol. The predicted octanol–water partition coefficient (Wildman–Crippen LogP) is 1.82. The van der Waals surface area contributed by atoms with E-state index in [0.29, 0.717) is 18.6 Å². The second-order valence-electron chi connectivity index (χ2n) is 11.2. The molecule has 4 fully saturated rings. The molecule has 8 rings (SSSR count). The van der Waals surface area contributed by atoms with Crippen molar-refractivity contribution >= 4 is 11.9 Å². The maximum atomic E-state index is 11.9. The third-order valence-corrected chi connectivity index (χ3v) is 8.89. The van der Waals surface area contributed by atoms with E-state index in [1.165, 1.54) is 7.11 Å². The normalized spacial score (nSPS) is 23.0. The smallest absolute Gasteiger partial charge is 0.870 e. The van der Waals surface area contributed by atoms with Crippen LogP contribution in [0.5, 0.6) is 23.0 Å². The fourth-order valence-corrected chi connectivity index (χ4v) is 5.80. The first-order valence-electron chi connectivity index (χ1n) is 13.2. The van der Waals surface area contributed by atoms with E-state index in [0.717, 1.165) is 79.7 Å². The summed E-state index contributed by atoms with van der Waals surface area (Å²) in [7, 11) is 1.44. The van der Waals surface area contributed by atoms with E-state index in [1.54, 1.807) is 0 Å². The monoisotopic (exact) mass is 530 g/mol. The standard InChI is InChI=1S/C15H16O4.C14H14O4.Li.H2O/c1-17-13(16)14(7-8-14)10-3-4-11-12(9-10)19-15(18-11)5-2-6-15;15-12(16)13(6-7-13)9-2-3-10-11(8-9)18-14(17-10)4-1-5-14;;/h3-4,9H,2,5-8H2,1H3;2-3,8H,1,4-7H2,(H,15,16);;1H2/q;;+1;/p-1. The van der Waals surface area contributed by atoms with Crippen LogP contribution in [0.2, 0.25) is 0 Å². The van der Waals surface area contributed by atoms with Gasteiger partial charge in [0, 0.05) is 25.7 Å². The Labute approximate surface area is 238 Å². The van der Waals surface area contributed by atoms with E-state index in [1.807, 2.05) is 36.4 Å². The summed E-state index contributed by atoms with van der Waals surface area (Å²) < 4.78 is 28.4. The summed E-state index contributed by atoms with van der Waals surface area (Å²) in [5, 5.41) is 9.29. The van der Waals surface area contributed by atoms with E-state index in [9.17, 15) is 14.7 Å². The molecule has 2 spiro atoms. The topological polar surface area (TPSA) is 131 Å². The van der Waals surface area contributed by atoms with Crippen LogP contribution in [0.25, 0.3) is 0 Å². The number of hydrogen-bond acceptors (Lipinski definition) is 8. The van der Waals surface area contributed by atoms with Gasteiger partial charge in [-0.15, -0.1) is 0 Å². The van der Waals surface area contributed by atoms with E-state index >= 15 is 0 Å². The van der Waals surface area contributed by atoms with Gasteiger partial charge in [0.15, 0.2) is 23.0 Å². The maximum absolute atomic E-state index is 11.9. The number of carboxylic acid groups (broad SMARTS) is 1. The Morgan fingerprint density at radius 1 is 0.692 bits per heavy atom. The molecular formula is C29H31LiO9. The SMILES string of the molecule is COC(=O)C1(c2ccc3c(c2)OC2(CCC2)O3)CC1.O=C(O)C1(c2ccc3c(c2)OC2(CCC2)O3)CC1.[Li+].[OH-]. The Bertz CT molecular complexity index is 1310. The molecule has 0 saturated heterocycles. The summed E-state index contributed by atoms with van der Waals surface area (Å²) in [5.41, 5.74) is 0.711. The Kier molecular flexibility index (Phi) is 6.65. The summed E-state index contributed by atoms with van der Waals surface area (Å²) in [4.78, 5) is 23.2. The van der Waals surface area contributed by atoms with Gasteiger partial charge >= 0.3 is 30.8 Å². The van der Waals surface area contributed by atoms with Crippen LogP contribution in [0.4, 0.5) is 0 Å². The number of benzene rings is 2. The summed E-state index contributed by atoms with van der Waals surface area (Å²) in [6, 6.07) is 11.4. The van der Waals surface area contributed by atoms with Gasteiger partial charge in [0.1, 0.15) is 0 Å². The number of aliphatic carboxylic acids is 1. The minimum Gasteiger partial charge on any atom is -0.870 e. The van der Waals surface area contributed by atoms with Crippen LogP contribution in [-0.4, -0.2) is 41.2 Å². The van der Waals surface area contributed by atoms with Crippen molar-refractivity contribution in [1.29, 1.82) is 0 Å². The number of fused-ring (bicyclic) bond motifs is 2. The van der Waals surface area contributed by atoms with Crippen LogP contribution < -0.4 is 37.8 Å². The van der Waals surface area contributed by atoms with E-state index in [-0.39, 0.29) is 30.3 Å². The number of carbonyl (C=O) groups excluding carboxylic acids is 1. The van der Waals surface area contributed by atoms with Crippen molar-refractivity contribution in [3.05, 3.63) is 47.5 Å². The first-order chi connectivity index (χ1) is 17.8. The Morgan fingerprint density at radius 3 is 1.44 bits per heavy atom. The van der Waals surface area contributed by atoms with E-state index in [2.05, 4.69) is 0 Å². The molecule has 2 N–H and O–H groups in total. The fourth-order valence-electron chi connectivity index (χ4n) is 5.80. The second kappa shape index (κ2) is 9.36. The van der Waals surface area contributed by atoms with Gasteiger partial charge in [0.05, 0.1) is 17.9 Å². The molecule has 0 radical (unpaired) electrons. The fraction of sp³-hybridized carbons (Fsp3) is 0.517. The van der Waals surface area contributed by atoms with Crippen LogP contribution in [0.15, 0.2) is 36.4 Å². The van der Waals surface area contributed by atoms with Crippen LogP contribution in [0.1, 0.15) is 75.3 Å². The van der Waals surface area contributed by atoms with Crippen molar-refractivity contribution < 1.29 is 62.7 Å². The molecule has 4 aliphatic carbocycles. The first kappa shape index (κ1) is 27.7. The molecule has 0 unspecified atom stereocenters. The van der Waals surface area contributed by atoms with Gasteiger partial charge < -0.3 is 34.3 Å². The summed E-state index contributed by atoms with van der Waals surface area (Å²) in [6.07, 6.45) is 9.13. The molecule has 4 saturated carbocycles. The van der Waals surface area contributed by atoms with Crippen molar-refractivity contribution in [3.8, 4) is 23.0 Å². The van der Waals surface area contributed by atoms with Crippen molar-refractivity contribution in [2.24, 2.45) is 0 Å². The molecule has 0 bridgehead atoms. The van der Waals surface area contributed by atoms with Crippen molar-refractivity contribution in [2.45, 2.75) is 86.6 Å². The summed E-state index contributed by atoms with van der Waals surface area (Å²) in [6.45, 7) is 0. The molecule has 9 nitrogen and oxygen atoms in total. The van der Waals surface area contributed by atoms with E-state index in [4.69, 9.17) is 23.7 Å². The van der Waals surface area contributed by atoms with Crippen LogP contribution >= 0.6 is 0 Å². The molecule has 0 atom stereocenters. The summed E-state index contributed by atoms with van der Waals surface area (Å²) >= 11 is 0. The zero-order chi connectivity index (χ0) is 25.5. The molecule has 0 amide bonds. The average Bonchev–Trinajstić information content (AvgIpc) is 3.77. The third kappa shape index (κ3) is 4.26. The number of carbonyl (C=O) groups is 2. The van der Waals surface area contributed by atoms with Crippen LogP contribution in [0.3, 0.4) is 0 Å². The Balaban J connectivity index is 0.000000150. The number of methoxy groups -OCH3 is 1. The molecule has 2 aliphatic heterocycles. The largest absolute Gasteiger partial charge is 1.00 e. The van der Waals surface area contributed by atoms with Crippen molar-refractivity contribution in [2.75, 3.05) is 7.11 Å². The van der Waals surface area contributed by atoms with Crippen molar-refractivity contribution in [1.82, 2.24) is 0 Å². The maximum Gasteiger partial charge on any atom is 1.00 e. The van der Waals surface area contributed by atoms with Gasteiger partial charge in [-0.05, 0) is 73.9 Å². The number of hydrogen-bond donors (Lipinski definition) is 1. The van der Waals surface area contributed by atoms with Gasteiger partial charge in [0.25, 0.3) is 11.6 Å². The number of carboxylic acids is 1. The molecule has 0 aromatic heterocycles. The Morgan fingerprint density at radius 2 is 1.10 bits per heavy atom. The third-order valence-electron chi connectivity index (χ3n) is 8.89. The number of ether oxygens (including phenoxy) is 5. The molecule has 39 heavy (non-hydrogen) atoms. The van der Waals surface area contributed by atoms with Gasteiger partial charge in [-0.25, -0.2) is 0 Å². The predicted molar refractivity (Wildman–Crippen MR) is 132 cm³/mol. The Hall–Kier alpha value is -2.86. The minimum absolute atomic E-state index is 0. The van der Waals surface area contributed by atoms with Gasteiger partial charge in [-0.1, -0.05) is 12.1 Å².